The Balaban J connectivity index is 1.82. The Hall–Kier alpha value is -1.77. The number of amidine groups is 2. The van der Waals surface area contributed by atoms with Gasteiger partial charge in [0.25, 0.3) is 5.91 Å². The molecule has 0 saturated carbocycles. The number of nitrogens with zero attached hydrogens (tertiary/aromatic N) is 3. The van der Waals surface area contributed by atoms with Crippen LogP contribution >= 0.6 is 45.5 Å². The van der Waals surface area contributed by atoms with Crippen molar-refractivity contribution in [3.63, 3.8) is 0 Å². The molecule has 2 aliphatic rings. The fourth-order valence-corrected chi connectivity index (χ4v) is 4.07. The summed E-state index contributed by atoms with van der Waals surface area (Å²) in [5.74, 6) is 0.870. The Morgan fingerprint density at radius 2 is 2.08 bits per heavy atom. The van der Waals surface area contributed by atoms with Crippen LogP contribution in [0.3, 0.4) is 0 Å². The summed E-state index contributed by atoms with van der Waals surface area (Å²) < 4.78 is 1.69. The molecular formula is C18H11ClIN3OS. The van der Waals surface area contributed by atoms with Gasteiger partial charge in [-0.2, -0.15) is 4.99 Å². The predicted octanol–water partition coefficient (Wildman–Crippen LogP) is 5.05. The van der Waals surface area contributed by atoms with Gasteiger partial charge >= 0.3 is 0 Å². The lowest BCUT2D eigenvalue weighted by Crippen LogP contribution is -2.24. The minimum Gasteiger partial charge on any atom is -0.327 e. The maximum absolute atomic E-state index is 12.5. The number of fused-ring (bicyclic) bond motifs is 2. The molecule has 0 spiro atoms. The molecule has 0 N–H and O–H groups in total. The molecule has 2 aromatic rings. The topological polar surface area (TPSA) is 45.0 Å². The van der Waals surface area contributed by atoms with Gasteiger partial charge in [-0.3, -0.25) is 4.79 Å². The molecule has 0 radical (unpaired) electrons. The lowest BCUT2D eigenvalue weighted by molar-refractivity contribution is 0.101. The predicted molar refractivity (Wildman–Crippen MR) is 111 cm³/mol. The summed E-state index contributed by atoms with van der Waals surface area (Å²) in [6, 6.07) is 11.3. The molecule has 4 rings (SSSR count). The van der Waals surface area contributed by atoms with Crippen LogP contribution in [-0.4, -0.2) is 22.5 Å². The Kier molecular flexibility index (Phi) is 4.58. The zero-order valence-corrected chi connectivity index (χ0v) is 16.5. The molecule has 25 heavy (non-hydrogen) atoms. The van der Waals surface area contributed by atoms with Crippen LogP contribution in [0.1, 0.15) is 20.8 Å². The second-order valence-corrected chi connectivity index (χ2v) is 8.41. The number of halogens is 2. The van der Waals surface area contributed by atoms with Crippen molar-refractivity contribution in [1.29, 1.82) is 0 Å². The second kappa shape index (κ2) is 6.86. The lowest BCUT2D eigenvalue weighted by Gasteiger charge is -2.21. The fraction of sp³-hybridized carbons (Fsp3) is 0.0556. The molecule has 1 amide bonds. The van der Waals surface area contributed by atoms with E-state index in [2.05, 4.69) is 37.5 Å². The van der Waals surface area contributed by atoms with Crippen LogP contribution in [0.15, 0.2) is 68.3 Å². The normalized spacial score (nSPS) is 17.5. The SMILES string of the molecule is O=C(N=C1N=C2C=CC(I)=CN2Cc2ccccc21)c1ccc(Cl)s1. The van der Waals surface area contributed by atoms with Gasteiger partial charge in [-0.05, 0) is 52.4 Å². The van der Waals surface area contributed by atoms with Crippen LogP contribution in [0.5, 0.6) is 0 Å². The Morgan fingerprint density at radius 1 is 1.24 bits per heavy atom. The van der Waals surface area contributed by atoms with Crippen molar-refractivity contribution >= 4 is 63.1 Å². The fourth-order valence-electron chi connectivity index (χ4n) is 2.63. The zero-order chi connectivity index (χ0) is 17.4. The number of thiophene rings is 1. The van der Waals surface area contributed by atoms with Crippen LogP contribution in [0, 0.1) is 0 Å². The van der Waals surface area contributed by atoms with Gasteiger partial charge in [0.05, 0.1) is 9.21 Å². The van der Waals surface area contributed by atoms with Crippen molar-refractivity contribution in [3.05, 3.63) is 78.7 Å². The van der Waals surface area contributed by atoms with Gasteiger partial charge in [0.1, 0.15) is 5.84 Å². The quantitative estimate of drug-likeness (QED) is 0.538. The molecule has 0 bridgehead atoms. The maximum atomic E-state index is 12.5. The number of benzene rings is 1. The van der Waals surface area contributed by atoms with E-state index >= 15 is 0 Å². The highest BCUT2D eigenvalue weighted by atomic mass is 127. The zero-order valence-electron chi connectivity index (χ0n) is 12.8. The first-order valence-electron chi connectivity index (χ1n) is 7.47. The molecule has 0 saturated heterocycles. The smallest absolute Gasteiger partial charge is 0.289 e. The standard InChI is InChI=1S/C18H11ClIN3OS/c19-15-7-6-14(25-15)18(24)22-17-13-4-2-1-3-11(13)9-23-10-12(20)5-8-16(23)21-17/h1-8,10H,9H2. The first-order valence-corrected chi connectivity index (χ1v) is 9.75. The summed E-state index contributed by atoms with van der Waals surface area (Å²) in [5.41, 5.74) is 1.95. The highest BCUT2D eigenvalue weighted by molar-refractivity contribution is 14.1. The van der Waals surface area contributed by atoms with E-state index < -0.39 is 0 Å². The number of carbonyl (C=O) groups excluding carboxylic acids is 1. The van der Waals surface area contributed by atoms with E-state index in [1.165, 1.54) is 11.3 Å². The van der Waals surface area contributed by atoms with E-state index in [0.717, 1.165) is 20.5 Å². The molecule has 1 aromatic heterocycles. The second-order valence-electron chi connectivity index (χ2n) is 5.45. The molecule has 0 fully saturated rings. The summed E-state index contributed by atoms with van der Waals surface area (Å²) in [7, 11) is 0. The Bertz CT molecular complexity index is 990. The van der Waals surface area contributed by atoms with Crippen molar-refractivity contribution in [2.24, 2.45) is 9.98 Å². The molecule has 2 aliphatic heterocycles. The van der Waals surface area contributed by atoms with E-state index in [1.54, 1.807) is 12.1 Å². The van der Waals surface area contributed by atoms with Crippen LogP contribution in [0.25, 0.3) is 0 Å². The third-order valence-electron chi connectivity index (χ3n) is 3.78. The maximum Gasteiger partial charge on any atom is 0.289 e. The van der Waals surface area contributed by atoms with Crippen molar-refractivity contribution in [3.8, 4) is 0 Å². The van der Waals surface area contributed by atoms with E-state index in [1.807, 2.05) is 42.6 Å². The van der Waals surface area contributed by atoms with Gasteiger partial charge in [-0.15, -0.1) is 11.3 Å². The molecule has 1 aromatic carbocycles. The first kappa shape index (κ1) is 16.7. The van der Waals surface area contributed by atoms with E-state index in [0.29, 0.717) is 21.6 Å². The third-order valence-corrected chi connectivity index (χ3v) is 5.63. The summed E-state index contributed by atoms with van der Waals surface area (Å²) in [4.78, 5) is 24.0. The number of hydrogen-bond acceptors (Lipinski definition) is 3. The van der Waals surface area contributed by atoms with Crippen molar-refractivity contribution in [2.75, 3.05) is 0 Å². The summed E-state index contributed by atoms with van der Waals surface area (Å²) in [6.45, 7) is 0.684. The van der Waals surface area contributed by atoms with Crippen LogP contribution in [-0.2, 0) is 6.54 Å². The van der Waals surface area contributed by atoms with Gasteiger partial charge in [-0.25, -0.2) is 4.99 Å². The Labute approximate surface area is 167 Å². The average Bonchev–Trinajstić information content (AvgIpc) is 2.97. The van der Waals surface area contributed by atoms with E-state index in [9.17, 15) is 4.79 Å². The van der Waals surface area contributed by atoms with Crippen LogP contribution in [0.2, 0.25) is 4.34 Å². The van der Waals surface area contributed by atoms with Crippen molar-refractivity contribution in [1.82, 2.24) is 4.90 Å². The minimum atomic E-state index is -0.329. The minimum absolute atomic E-state index is 0.329. The number of amides is 1. The van der Waals surface area contributed by atoms with Crippen molar-refractivity contribution < 1.29 is 4.79 Å². The van der Waals surface area contributed by atoms with Gasteiger partial charge in [-0.1, -0.05) is 35.9 Å². The molecule has 0 aliphatic carbocycles. The number of hydrogen-bond donors (Lipinski definition) is 0. The molecule has 3 heterocycles. The third kappa shape index (κ3) is 3.47. The number of rotatable bonds is 1. The van der Waals surface area contributed by atoms with Crippen LogP contribution in [0.4, 0.5) is 0 Å². The molecular weight excluding hydrogens is 469 g/mol. The van der Waals surface area contributed by atoms with Gasteiger partial charge in [0, 0.05) is 21.9 Å². The summed E-state index contributed by atoms with van der Waals surface area (Å²) >= 11 is 9.42. The van der Waals surface area contributed by atoms with Gasteiger partial charge in [0.2, 0.25) is 0 Å². The van der Waals surface area contributed by atoms with Crippen LogP contribution < -0.4 is 0 Å². The molecule has 124 valence electrons. The highest BCUT2D eigenvalue weighted by Gasteiger charge is 2.22. The van der Waals surface area contributed by atoms with Crippen molar-refractivity contribution in [2.45, 2.75) is 6.54 Å². The number of carbonyl (C=O) groups is 1. The summed E-state index contributed by atoms with van der Waals surface area (Å²) in [6.07, 6.45) is 5.97. The molecule has 0 unspecified atom stereocenters. The first-order chi connectivity index (χ1) is 12.1. The average molecular weight is 480 g/mol. The number of aliphatic imine (C=N–C) groups is 2. The highest BCUT2D eigenvalue weighted by Crippen LogP contribution is 2.25. The molecule has 7 heteroatoms. The number of allylic oxidation sites excluding steroid dienone is 2. The largest absolute Gasteiger partial charge is 0.327 e. The van der Waals surface area contributed by atoms with E-state index in [4.69, 9.17) is 11.6 Å². The monoisotopic (exact) mass is 479 g/mol. The summed E-state index contributed by atoms with van der Waals surface area (Å²) in [5, 5.41) is 0. The molecule has 4 nitrogen and oxygen atoms in total. The lowest BCUT2D eigenvalue weighted by atomic mass is 10.1. The van der Waals surface area contributed by atoms with Gasteiger partial charge in [0.15, 0.2) is 5.84 Å². The Morgan fingerprint density at radius 3 is 2.88 bits per heavy atom. The van der Waals surface area contributed by atoms with E-state index in [-0.39, 0.29) is 5.91 Å². The molecule has 0 atom stereocenters. The van der Waals surface area contributed by atoms with Gasteiger partial charge < -0.3 is 4.90 Å².